The molecule has 2 rings (SSSR count). The summed E-state index contributed by atoms with van der Waals surface area (Å²) in [4.78, 5) is 23.0. The summed E-state index contributed by atoms with van der Waals surface area (Å²) < 4.78 is 2.23. The Morgan fingerprint density at radius 1 is 1.52 bits per heavy atom. The molecule has 2 heterocycles. The SMILES string of the molecule is CC(C)(SCCn1nc2ccccn2c1=O)[C@@H](N)C(=O)O. The second kappa shape index (κ2) is 5.90. The maximum Gasteiger partial charge on any atom is 0.350 e. The van der Waals surface area contributed by atoms with E-state index < -0.39 is 16.8 Å². The third-order valence-corrected chi connectivity index (χ3v) is 4.67. The number of carboxylic acid groups (broad SMARTS) is 1. The van der Waals surface area contributed by atoms with E-state index in [4.69, 9.17) is 10.8 Å². The maximum atomic E-state index is 12.1. The van der Waals surface area contributed by atoms with Gasteiger partial charge in [-0.25, -0.2) is 9.48 Å². The van der Waals surface area contributed by atoms with E-state index in [9.17, 15) is 9.59 Å². The number of aliphatic carboxylic acids is 1. The Hall–Kier alpha value is -1.80. The van der Waals surface area contributed by atoms with Crippen molar-refractivity contribution in [2.24, 2.45) is 5.73 Å². The van der Waals surface area contributed by atoms with Crippen molar-refractivity contribution in [3.63, 3.8) is 0 Å². The van der Waals surface area contributed by atoms with Crippen molar-refractivity contribution in [1.82, 2.24) is 14.2 Å². The highest BCUT2D eigenvalue weighted by Crippen LogP contribution is 2.27. The van der Waals surface area contributed by atoms with Crippen LogP contribution in [-0.4, -0.2) is 41.8 Å². The largest absolute Gasteiger partial charge is 0.480 e. The minimum atomic E-state index is -1.03. The average Bonchev–Trinajstić information content (AvgIpc) is 2.75. The van der Waals surface area contributed by atoms with Crippen molar-refractivity contribution in [2.45, 2.75) is 31.2 Å². The Morgan fingerprint density at radius 3 is 2.86 bits per heavy atom. The number of hydrogen-bond donors (Lipinski definition) is 2. The van der Waals surface area contributed by atoms with Crippen LogP contribution in [0.2, 0.25) is 0 Å². The maximum absolute atomic E-state index is 12.1. The lowest BCUT2D eigenvalue weighted by Crippen LogP contribution is -2.47. The first-order valence-corrected chi connectivity index (χ1v) is 7.48. The molecule has 0 bridgehead atoms. The molecule has 0 unspecified atom stereocenters. The quantitative estimate of drug-likeness (QED) is 0.801. The van der Waals surface area contributed by atoms with Gasteiger partial charge < -0.3 is 10.8 Å². The van der Waals surface area contributed by atoms with Gasteiger partial charge in [0.1, 0.15) is 6.04 Å². The summed E-state index contributed by atoms with van der Waals surface area (Å²) in [5, 5.41) is 13.2. The monoisotopic (exact) mass is 310 g/mol. The summed E-state index contributed by atoms with van der Waals surface area (Å²) in [5.74, 6) is -0.477. The second-order valence-electron chi connectivity index (χ2n) is 5.20. The van der Waals surface area contributed by atoms with Crippen molar-refractivity contribution in [2.75, 3.05) is 5.75 Å². The Morgan fingerprint density at radius 2 is 2.24 bits per heavy atom. The molecule has 2 aromatic rings. The number of carboxylic acids is 1. The van der Waals surface area contributed by atoms with Crippen LogP contribution in [0.25, 0.3) is 5.65 Å². The molecule has 8 heteroatoms. The van der Waals surface area contributed by atoms with Gasteiger partial charge in [-0.15, -0.1) is 5.10 Å². The minimum Gasteiger partial charge on any atom is -0.480 e. The summed E-state index contributed by atoms with van der Waals surface area (Å²) in [6.45, 7) is 3.97. The number of aromatic nitrogens is 3. The molecule has 0 aliphatic carbocycles. The first-order valence-electron chi connectivity index (χ1n) is 6.49. The highest BCUT2D eigenvalue weighted by molar-refractivity contribution is 8.00. The van der Waals surface area contributed by atoms with Gasteiger partial charge >= 0.3 is 11.7 Å². The Labute approximate surface area is 125 Å². The number of nitrogens with two attached hydrogens (primary N) is 1. The number of thioether (sulfide) groups is 1. The van der Waals surface area contributed by atoms with Gasteiger partial charge in [0.15, 0.2) is 5.65 Å². The minimum absolute atomic E-state index is 0.202. The molecular formula is C13H18N4O3S. The van der Waals surface area contributed by atoms with Crippen molar-refractivity contribution >= 4 is 23.4 Å². The van der Waals surface area contributed by atoms with Gasteiger partial charge in [0.05, 0.1) is 6.54 Å². The molecule has 0 aromatic carbocycles. The summed E-state index contributed by atoms with van der Waals surface area (Å²) in [6, 6.07) is 4.38. The number of carbonyl (C=O) groups is 1. The van der Waals surface area contributed by atoms with E-state index >= 15 is 0 Å². The molecule has 0 saturated heterocycles. The third-order valence-electron chi connectivity index (χ3n) is 3.28. The Balaban J connectivity index is 2.04. The molecule has 3 N–H and O–H groups in total. The van der Waals surface area contributed by atoms with Crippen LogP contribution >= 0.6 is 11.8 Å². The van der Waals surface area contributed by atoms with Crippen molar-refractivity contribution in [3.8, 4) is 0 Å². The summed E-state index contributed by atoms with van der Waals surface area (Å²) in [6.07, 6.45) is 1.67. The molecule has 0 saturated carbocycles. The van der Waals surface area contributed by atoms with E-state index in [1.54, 1.807) is 32.2 Å². The second-order valence-corrected chi connectivity index (χ2v) is 6.95. The number of rotatable bonds is 6. The third kappa shape index (κ3) is 3.27. The first kappa shape index (κ1) is 15.6. The number of fused-ring (bicyclic) bond motifs is 1. The van der Waals surface area contributed by atoms with Gasteiger partial charge in [0, 0.05) is 16.7 Å². The molecule has 0 fully saturated rings. The van der Waals surface area contributed by atoms with Crippen LogP contribution in [0.5, 0.6) is 0 Å². The van der Waals surface area contributed by atoms with E-state index in [0.717, 1.165) is 0 Å². The zero-order valence-corrected chi connectivity index (χ0v) is 12.7. The lowest BCUT2D eigenvalue weighted by atomic mass is 10.1. The van der Waals surface area contributed by atoms with E-state index in [-0.39, 0.29) is 5.69 Å². The molecular weight excluding hydrogens is 292 g/mol. The van der Waals surface area contributed by atoms with Crippen LogP contribution < -0.4 is 11.4 Å². The van der Waals surface area contributed by atoms with E-state index in [2.05, 4.69) is 5.10 Å². The highest BCUT2D eigenvalue weighted by Gasteiger charge is 2.32. The lowest BCUT2D eigenvalue weighted by Gasteiger charge is -2.27. The number of hydrogen-bond acceptors (Lipinski definition) is 5. The number of nitrogens with zero attached hydrogens (tertiary/aromatic N) is 3. The topological polar surface area (TPSA) is 103 Å². The van der Waals surface area contributed by atoms with E-state index in [1.807, 2.05) is 6.07 Å². The van der Waals surface area contributed by atoms with Gasteiger partial charge in [0.2, 0.25) is 0 Å². The fourth-order valence-electron chi connectivity index (χ4n) is 1.90. The average molecular weight is 310 g/mol. The van der Waals surface area contributed by atoms with Crippen LogP contribution in [0.1, 0.15) is 13.8 Å². The van der Waals surface area contributed by atoms with Crippen LogP contribution in [0, 0.1) is 0 Å². The van der Waals surface area contributed by atoms with Gasteiger partial charge in [-0.05, 0) is 26.0 Å². The molecule has 0 amide bonds. The molecule has 7 nitrogen and oxygen atoms in total. The van der Waals surface area contributed by atoms with E-state index in [0.29, 0.717) is 17.9 Å². The summed E-state index contributed by atoms with van der Waals surface area (Å²) in [5.41, 5.74) is 6.05. The zero-order valence-electron chi connectivity index (χ0n) is 11.9. The molecule has 0 spiro atoms. The fraction of sp³-hybridized carbons (Fsp3) is 0.462. The van der Waals surface area contributed by atoms with Crippen molar-refractivity contribution in [3.05, 3.63) is 34.9 Å². The van der Waals surface area contributed by atoms with Crippen LogP contribution in [0.3, 0.4) is 0 Å². The predicted octanol–water partition coefficient (Wildman–Crippen LogP) is 0.420. The lowest BCUT2D eigenvalue weighted by molar-refractivity contribution is -0.139. The van der Waals surface area contributed by atoms with Gasteiger partial charge in [-0.3, -0.25) is 9.20 Å². The molecule has 1 atom stereocenters. The Kier molecular flexibility index (Phi) is 4.38. The number of aryl methyl sites for hydroxylation is 1. The molecule has 21 heavy (non-hydrogen) atoms. The molecule has 2 aromatic heterocycles. The normalized spacial score (nSPS) is 13.5. The smallest absolute Gasteiger partial charge is 0.350 e. The Bertz CT molecular complexity index is 707. The molecule has 114 valence electrons. The fourth-order valence-corrected chi connectivity index (χ4v) is 2.97. The zero-order chi connectivity index (χ0) is 15.6. The predicted molar refractivity (Wildman–Crippen MR) is 81.6 cm³/mol. The van der Waals surface area contributed by atoms with Crippen LogP contribution in [-0.2, 0) is 11.3 Å². The first-order chi connectivity index (χ1) is 9.83. The van der Waals surface area contributed by atoms with Crippen molar-refractivity contribution < 1.29 is 9.90 Å². The van der Waals surface area contributed by atoms with Gasteiger partial charge in [-0.1, -0.05) is 6.07 Å². The van der Waals surface area contributed by atoms with E-state index in [1.165, 1.54) is 20.8 Å². The standard InChI is InChI=1S/C13H18N4O3S/c1-13(2,10(14)11(18)19)21-8-7-17-12(20)16-6-4-3-5-9(16)15-17/h3-6,10H,7-8,14H2,1-2H3,(H,18,19)/t10-/m0/s1. The molecule has 0 aliphatic heterocycles. The summed E-state index contributed by atoms with van der Waals surface area (Å²) in [7, 11) is 0. The van der Waals surface area contributed by atoms with Gasteiger partial charge in [0.25, 0.3) is 0 Å². The summed E-state index contributed by atoms with van der Waals surface area (Å²) >= 11 is 1.41. The molecule has 0 radical (unpaired) electrons. The van der Waals surface area contributed by atoms with Gasteiger partial charge in [-0.2, -0.15) is 11.8 Å². The van der Waals surface area contributed by atoms with Crippen molar-refractivity contribution in [1.29, 1.82) is 0 Å². The van der Waals surface area contributed by atoms with Crippen LogP contribution in [0.4, 0.5) is 0 Å². The number of pyridine rings is 1. The van der Waals surface area contributed by atoms with Crippen LogP contribution in [0.15, 0.2) is 29.2 Å². The molecule has 0 aliphatic rings. The highest BCUT2D eigenvalue weighted by atomic mass is 32.2.